The van der Waals surface area contributed by atoms with E-state index in [-0.39, 0.29) is 4.90 Å². The summed E-state index contributed by atoms with van der Waals surface area (Å²) >= 11 is 0. The van der Waals surface area contributed by atoms with Crippen molar-refractivity contribution in [3.05, 3.63) is 60.2 Å². The van der Waals surface area contributed by atoms with Gasteiger partial charge in [-0.3, -0.25) is 0 Å². The van der Waals surface area contributed by atoms with Crippen LogP contribution in [0.4, 0.5) is 0 Å². The van der Waals surface area contributed by atoms with Gasteiger partial charge in [0.2, 0.25) is 10.0 Å². The summed E-state index contributed by atoms with van der Waals surface area (Å²) < 4.78 is 33.2. The fraction of sp³-hybridized carbons (Fsp3) is 0.294. The highest BCUT2D eigenvalue weighted by Gasteiger charge is 2.27. The normalized spacial score (nSPS) is 12.1. The van der Waals surface area contributed by atoms with Crippen LogP contribution in [0.2, 0.25) is 0 Å². The average Bonchev–Trinajstić information content (AvgIpc) is 2.48. The second-order valence-electron chi connectivity index (χ2n) is 5.50. The predicted molar refractivity (Wildman–Crippen MR) is 87.4 cm³/mol. The van der Waals surface area contributed by atoms with Gasteiger partial charge in [-0.05, 0) is 50.6 Å². The number of hydrogen-bond acceptors (Lipinski definition) is 3. The van der Waals surface area contributed by atoms with Crippen LogP contribution in [0.25, 0.3) is 0 Å². The molecule has 0 aliphatic rings. The Hall–Kier alpha value is -1.85. The summed E-state index contributed by atoms with van der Waals surface area (Å²) in [6.07, 6.45) is 0. The van der Waals surface area contributed by atoms with E-state index in [2.05, 4.69) is 4.72 Å². The van der Waals surface area contributed by atoms with E-state index < -0.39 is 15.6 Å². The lowest BCUT2D eigenvalue weighted by Gasteiger charge is -2.26. The molecule has 0 heterocycles. The van der Waals surface area contributed by atoms with E-state index in [0.717, 1.165) is 5.56 Å². The third-order valence-electron chi connectivity index (χ3n) is 3.33. The first-order valence-electron chi connectivity index (χ1n) is 7.17. The van der Waals surface area contributed by atoms with Gasteiger partial charge in [-0.25, -0.2) is 13.1 Å². The third kappa shape index (κ3) is 3.87. The maximum absolute atomic E-state index is 12.5. The highest BCUT2D eigenvalue weighted by molar-refractivity contribution is 7.89. The third-order valence-corrected chi connectivity index (χ3v) is 5.00. The van der Waals surface area contributed by atoms with Gasteiger partial charge >= 0.3 is 0 Å². The predicted octanol–water partition coefficient (Wildman–Crippen LogP) is 3.30. The number of rotatable bonds is 6. The number of benzene rings is 2. The Balaban J connectivity index is 2.23. The Morgan fingerprint density at radius 3 is 2.14 bits per heavy atom. The largest absolute Gasteiger partial charge is 0.494 e. The Morgan fingerprint density at radius 1 is 1.00 bits per heavy atom. The summed E-state index contributed by atoms with van der Waals surface area (Å²) in [6.45, 7) is 6.11. The van der Waals surface area contributed by atoms with Crippen molar-refractivity contribution in [1.29, 1.82) is 0 Å². The zero-order chi connectivity index (χ0) is 16.2. The first kappa shape index (κ1) is 16.5. The summed E-state index contributed by atoms with van der Waals surface area (Å²) in [5, 5.41) is 0. The minimum atomic E-state index is -3.60. The fourth-order valence-electron chi connectivity index (χ4n) is 2.19. The number of sulfonamides is 1. The maximum Gasteiger partial charge on any atom is 0.241 e. The molecule has 0 bridgehead atoms. The van der Waals surface area contributed by atoms with Crippen LogP contribution < -0.4 is 9.46 Å². The van der Waals surface area contributed by atoms with E-state index in [1.807, 2.05) is 51.1 Å². The molecule has 22 heavy (non-hydrogen) atoms. The molecular weight excluding hydrogens is 298 g/mol. The molecule has 0 amide bonds. The summed E-state index contributed by atoms with van der Waals surface area (Å²) in [5.74, 6) is 0.656. The molecule has 0 aliphatic carbocycles. The van der Waals surface area contributed by atoms with Crippen molar-refractivity contribution >= 4 is 10.0 Å². The summed E-state index contributed by atoms with van der Waals surface area (Å²) in [4.78, 5) is 0.222. The Kier molecular flexibility index (Phi) is 4.88. The first-order chi connectivity index (χ1) is 10.3. The molecule has 0 radical (unpaired) electrons. The number of ether oxygens (including phenoxy) is 1. The molecule has 0 spiro atoms. The molecule has 0 fully saturated rings. The first-order valence-corrected chi connectivity index (χ1v) is 8.66. The van der Waals surface area contributed by atoms with E-state index >= 15 is 0 Å². The maximum atomic E-state index is 12.5. The number of nitrogens with one attached hydrogen (secondary N) is 1. The molecule has 0 saturated heterocycles. The highest BCUT2D eigenvalue weighted by atomic mass is 32.2. The lowest BCUT2D eigenvalue weighted by molar-refractivity contribution is 0.340. The van der Waals surface area contributed by atoms with Crippen LogP contribution >= 0.6 is 0 Å². The van der Waals surface area contributed by atoms with Crippen LogP contribution in [0.1, 0.15) is 26.3 Å². The molecule has 0 saturated carbocycles. The van der Waals surface area contributed by atoms with Crippen molar-refractivity contribution in [2.75, 3.05) is 6.61 Å². The minimum Gasteiger partial charge on any atom is -0.494 e. The van der Waals surface area contributed by atoms with Gasteiger partial charge in [0.05, 0.1) is 17.0 Å². The molecule has 2 aromatic carbocycles. The molecule has 118 valence electrons. The minimum absolute atomic E-state index is 0.222. The van der Waals surface area contributed by atoms with Gasteiger partial charge in [0.25, 0.3) is 0 Å². The van der Waals surface area contributed by atoms with Gasteiger partial charge in [0, 0.05) is 0 Å². The van der Waals surface area contributed by atoms with E-state index in [1.165, 1.54) is 0 Å². The van der Waals surface area contributed by atoms with Gasteiger partial charge in [-0.1, -0.05) is 30.3 Å². The Labute approximate surface area is 132 Å². The highest BCUT2D eigenvalue weighted by Crippen LogP contribution is 2.23. The van der Waals surface area contributed by atoms with E-state index in [1.54, 1.807) is 24.3 Å². The summed E-state index contributed by atoms with van der Waals surface area (Å²) in [6, 6.07) is 15.9. The summed E-state index contributed by atoms with van der Waals surface area (Å²) in [5.41, 5.74) is 0.211. The molecule has 0 unspecified atom stereocenters. The Bertz CT molecular complexity index is 707. The topological polar surface area (TPSA) is 55.4 Å². The van der Waals surface area contributed by atoms with Crippen molar-refractivity contribution in [3.63, 3.8) is 0 Å². The van der Waals surface area contributed by atoms with Crippen molar-refractivity contribution in [2.24, 2.45) is 0 Å². The zero-order valence-corrected chi connectivity index (χ0v) is 13.9. The smallest absolute Gasteiger partial charge is 0.241 e. The van der Waals surface area contributed by atoms with Crippen LogP contribution in [0.3, 0.4) is 0 Å². The number of hydrogen-bond donors (Lipinski definition) is 1. The van der Waals surface area contributed by atoms with Gasteiger partial charge in [-0.15, -0.1) is 0 Å². The molecule has 0 aromatic heterocycles. The molecular formula is C17H21NO3S. The van der Waals surface area contributed by atoms with Crippen LogP contribution in [0.15, 0.2) is 59.5 Å². The Morgan fingerprint density at radius 2 is 1.59 bits per heavy atom. The van der Waals surface area contributed by atoms with Crippen LogP contribution in [-0.4, -0.2) is 15.0 Å². The van der Waals surface area contributed by atoms with Crippen molar-refractivity contribution in [1.82, 2.24) is 4.72 Å². The standard InChI is InChI=1S/C17H21NO3S/c1-4-21-15-10-12-16(13-11-15)22(19,20)18-17(2,3)14-8-6-5-7-9-14/h5-13,18H,4H2,1-3H3. The van der Waals surface area contributed by atoms with Crippen molar-refractivity contribution < 1.29 is 13.2 Å². The second-order valence-corrected chi connectivity index (χ2v) is 7.18. The molecule has 0 atom stereocenters. The second kappa shape index (κ2) is 6.50. The molecule has 4 nitrogen and oxygen atoms in total. The van der Waals surface area contributed by atoms with Crippen LogP contribution in [0.5, 0.6) is 5.75 Å². The lowest BCUT2D eigenvalue weighted by atomic mass is 9.96. The van der Waals surface area contributed by atoms with E-state index in [9.17, 15) is 8.42 Å². The zero-order valence-electron chi connectivity index (χ0n) is 13.0. The van der Waals surface area contributed by atoms with Crippen molar-refractivity contribution in [3.8, 4) is 5.75 Å². The van der Waals surface area contributed by atoms with Crippen LogP contribution in [0, 0.1) is 0 Å². The summed E-state index contributed by atoms with van der Waals surface area (Å²) in [7, 11) is -3.60. The van der Waals surface area contributed by atoms with Gasteiger partial charge in [-0.2, -0.15) is 0 Å². The lowest BCUT2D eigenvalue weighted by Crippen LogP contribution is -2.40. The SMILES string of the molecule is CCOc1ccc(S(=O)(=O)NC(C)(C)c2ccccc2)cc1. The van der Waals surface area contributed by atoms with Gasteiger partial charge < -0.3 is 4.74 Å². The molecule has 5 heteroatoms. The molecule has 2 aromatic rings. The van der Waals surface area contributed by atoms with E-state index in [0.29, 0.717) is 12.4 Å². The molecule has 2 rings (SSSR count). The average molecular weight is 319 g/mol. The quantitative estimate of drug-likeness (QED) is 0.889. The van der Waals surface area contributed by atoms with Crippen molar-refractivity contribution in [2.45, 2.75) is 31.2 Å². The van der Waals surface area contributed by atoms with Gasteiger partial charge in [0.1, 0.15) is 5.75 Å². The van der Waals surface area contributed by atoms with Gasteiger partial charge in [0.15, 0.2) is 0 Å². The molecule has 1 N–H and O–H groups in total. The monoisotopic (exact) mass is 319 g/mol. The van der Waals surface area contributed by atoms with E-state index in [4.69, 9.17) is 4.74 Å². The fourth-order valence-corrected chi connectivity index (χ4v) is 3.59. The van der Waals surface area contributed by atoms with Crippen LogP contribution in [-0.2, 0) is 15.6 Å². The molecule has 0 aliphatic heterocycles.